The zero-order chi connectivity index (χ0) is 13.3. The molecule has 0 saturated carbocycles. The van der Waals surface area contributed by atoms with E-state index in [1.807, 2.05) is 0 Å². The van der Waals surface area contributed by atoms with Crippen LogP contribution in [0.2, 0.25) is 5.02 Å². The molecular weight excluding hydrogens is 388 g/mol. The summed E-state index contributed by atoms with van der Waals surface area (Å²) in [6.07, 6.45) is 1.47. The number of hydrogen-bond acceptors (Lipinski definition) is 2. The van der Waals surface area contributed by atoms with E-state index in [9.17, 15) is 9.18 Å². The number of pyridine rings is 1. The van der Waals surface area contributed by atoms with Gasteiger partial charge in [0.15, 0.2) is 5.82 Å². The number of carbonyl (C=O) groups is 1. The number of nitrogens with zero attached hydrogens (tertiary/aromatic N) is 1. The predicted octanol–water partition coefficient (Wildman–Crippen LogP) is 4.63. The van der Waals surface area contributed by atoms with Crippen molar-refractivity contribution in [2.75, 3.05) is 0 Å². The molecule has 0 bridgehead atoms. The second kappa shape index (κ2) is 5.47. The molecule has 1 heterocycles. The van der Waals surface area contributed by atoms with E-state index in [-0.39, 0.29) is 16.3 Å². The third-order valence-corrected chi connectivity index (χ3v) is 4.15. The molecule has 0 amide bonds. The van der Waals surface area contributed by atoms with Crippen LogP contribution in [0.25, 0.3) is 0 Å². The van der Waals surface area contributed by atoms with Crippen molar-refractivity contribution in [3.05, 3.63) is 61.5 Å². The fourth-order valence-electron chi connectivity index (χ4n) is 1.38. The number of aromatic nitrogens is 1. The summed E-state index contributed by atoms with van der Waals surface area (Å²) in [5.41, 5.74) is 0.0392. The van der Waals surface area contributed by atoms with Gasteiger partial charge in [0.2, 0.25) is 5.78 Å². The van der Waals surface area contributed by atoms with Gasteiger partial charge in [-0.3, -0.25) is 9.78 Å². The van der Waals surface area contributed by atoms with Gasteiger partial charge in [-0.15, -0.1) is 0 Å². The lowest BCUT2D eigenvalue weighted by Gasteiger charge is -2.06. The molecule has 6 heteroatoms. The van der Waals surface area contributed by atoms with Crippen LogP contribution in [0, 0.1) is 5.82 Å². The molecule has 0 radical (unpaired) electrons. The van der Waals surface area contributed by atoms with Crippen molar-refractivity contribution in [3.63, 3.8) is 0 Å². The molecule has 0 unspecified atom stereocenters. The van der Waals surface area contributed by atoms with Crippen LogP contribution in [0.5, 0.6) is 0 Å². The summed E-state index contributed by atoms with van der Waals surface area (Å²) in [5, 5.41) is -0.118. The minimum absolute atomic E-state index is 0.109. The van der Waals surface area contributed by atoms with Gasteiger partial charge in [0.05, 0.1) is 10.6 Å². The highest BCUT2D eigenvalue weighted by Gasteiger charge is 2.20. The summed E-state index contributed by atoms with van der Waals surface area (Å²) in [6, 6.07) is 6.23. The monoisotopic (exact) mass is 391 g/mol. The lowest BCUT2D eigenvalue weighted by atomic mass is 10.1. The topological polar surface area (TPSA) is 30.0 Å². The zero-order valence-electron chi connectivity index (χ0n) is 8.75. The predicted molar refractivity (Wildman–Crippen MR) is 74.5 cm³/mol. The van der Waals surface area contributed by atoms with Gasteiger partial charge in [-0.25, -0.2) is 4.39 Å². The highest BCUT2D eigenvalue weighted by Crippen LogP contribution is 2.29. The second-order valence-electron chi connectivity index (χ2n) is 3.39. The Balaban J connectivity index is 2.54. The van der Waals surface area contributed by atoms with Crippen LogP contribution >= 0.6 is 43.5 Å². The molecule has 2 aromatic rings. The number of carbonyl (C=O) groups excluding carboxylic acids is 1. The first-order valence-corrected chi connectivity index (χ1v) is 6.77. The Kier molecular flexibility index (Phi) is 4.14. The summed E-state index contributed by atoms with van der Waals surface area (Å²) >= 11 is 12.0. The Morgan fingerprint density at radius 3 is 2.61 bits per heavy atom. The van der Waals surface area contributed by atoms with E-state index < -0.39 is 11.6 Å². The summed E-state index contributed by atoms with van der Waals surface area (Å²) < 4.78 is 14.8. The van der Waals surface area contributed by atoms with Crippen LogP contribution < -0.4 is 0 Å². The molecule has 0 fully saturated rings. The Hall–Kier alpha value is -0.780. The first-order valence-electron chi connectivity index (χ1n) is 4.81. The average molecular weight is 393 g/mol. The molecule has 0 N–H and O–H groups in total. The maximum Gasteiger partial charge on any atom is 0.215 e. The van der Waals surface area contributed by atoms with Gasteiger partial charge in [-0.05, 0) is 56.1 Å². The van der Waals surface area contributed by atoms with Crippen molar-refractivity contribution in [1.29, 1.82) is 0 Å². The number of ketones is 1. The first-order chi connectivity index (χ1) is 8.52. The molecule has 18 heavy (non-hydrogen) atoms. The molecule has 1 aromatic carbocycles. The minimum Gasteiger partial charge on any atom is -0.287 e. The standard InChI is InChI=1S/C12H5Br2ClFNO/c13-7-4-3-6(10(16)9(7)15)12(18)11-8(14)2-1-5-17-11/h1-5H. The van der Waals surface area contributed by atoms with Crippen molar-refractivity contribution in [2.45, 2.75) is 0 Å². The Labute approximate surface area is 124 Å². The molecular formula is C12H5Br2ClFNO. The van der Waals surface area contributed by atoms with E-state index in [4.69, 9.17) is 11.6 Å². The van der Waals surface area contributed by atoms with Crippen LogP contribution in [0.1, 0.15) is 16.1 Å². The SMILES string of the molecule is O=C(c1ccc(Br)c(Cl)c1F)c1ncccc1Br. The smallest absolute Gasteiger partial charge is 0.215 e. The fourth-order valence-corrected chi connectivity index (χ4v) is 2.29. The Bertz CT molecular complexity index is 633. The van der Waals surface area contributed by atoms with E-state index in [0.29, 0.717) is 8.95 Å². The number of rotatable bonds is 2. The van der Waals surface area contributed by atoms with Crippen LogP contribution in [0.4, 0.5) is 4.39 Å². The van der Waals surface area contributed by atoms with E-state index in [0.717, 1.165) is 0 Å². The average Bonchev–Trinajstić information content (AvgIpc) is 2.36. The summed E-state index contributed by atoms with van der Waals surface area (Å²) in [7, 11) is 0. The largest absolute Gasteiger partial charge is 0.287 e. The van der Waals surface area contributed by atoms with Crippen LogP contribution in [-0.2, 0) is 0 Å². The third-order valence-electron chi connectivity index (χ3n) is 2.25. The normalized spacial score (nSPS) is 10.4. The molecule has 2 rings (SSSR count). The molecule has 0 spiro atoms. The van der Waals surface area contributed by atoms with Crippen molar-refractivity contribution < 1.29 is 9.18 Å². The summed E-state index contributed by atoms with van der Waals surface area (Å²) in [6.45, 7) is 0. The maximum absolute atomic E-state index is 13.9. The van der Waals surface area contributed by atoms with Crippen LogP contribution in [0.3, 0.4) is 0 Å². The zero-order valence-corrected chi connectivity index (χ0v) is 12.7. The second-order valence-corrected chi connectivity index (χ2v) is 5.47. The molecule has 0 aliphatic carbocycles. The summed E-state index contributed by atoms with van der Waals surface area (Å²) in [5.74, 6) is -1.28. The molecule has 0 aliphatic rings. The molecule has 0 atom stereocenters. The molecule has 2 nitrogen and oxygen atoms in total. The number of hydrogen-bond donors (Lipinski definition) is 0. The molecule has 92 valence electrons. The van der Waals surface area contributed by atoms with Crippen LogP contribution in [0.15, 0.2) is 39.4 Å². The van der Waals surface area contributed by atoms with E-state index in [1.54, 1.807) is 12.1 Å². The fraction of sp³-hybridized carbons (Fsp3) is 0. The van der Waals surface area contributed by atoms with Gasteiger partial charge >= 0.3 is 0 Å². The Morgan fingerprint density at radius 2 is 1.94 bits per heavy atom. The van der Waals surface area contributed by atoms with Gasteiger partial charge in [0.1, 0.15) is 5.69 Å². The van der Waals surface area contributed by atoms with Gasteiger partial charge in [-0.1, -0.05) is 11.6 Å². The van der Waals surface area contributed by atoms with Crippen LogP contribution in [-0.4, -0.2) is 10.8 Å². The third kappa shape index (κ3) is 2.48. The van der Waals surface area contributed by atoms with Crippen molar-refractivity contribution >= 4 is 49.2 Å². The van der Waals surface area contributed by atoms with Crippen molar-refractivity contribution in [2.24, 2.45) is 0 Å². The van der Waals surface area contributed by atoms with E-state index >= 15 is 0 Å². The lowest BCUT2D eigenvalue weighted by Crippen LogP contribution is -2.07. The lowest BCUT2D eigenvalue weighted by molar-refractivity contribution is 0.103. The van der Waals surface area contributed by atoms with E-state index in [1.165, 1.54) is 18.3 Å². The molecule has 1 aromatic heterocycles. The first kappa shape index (κ1) is 13.6. The minimum atomic E-state index is -0.756. The molecule has 0 saturated heterocycles. The van der Waals surface area contributed by atoms with E-state index in [2.05, 4.69) is 36.8 Å². The summed E-state index contributed by atoms with van der Waals surface area (Å²) in [4.78, 5) is 16.1. The molecule has 0 aliphatic heterocycles. The number of halogens is 4. The quantitative estimate of drug-likeness (QED) is 0.550. The highest BCUT2D eigenvalue weighted by atomic mass is 79.9. The van der Waals surface area contributed by atoms with Crippen molar-refractivity contribution in [3.8, 4) is 0 Å². The van der Waals surface area contributed by atoms with Gasteiger partial charge in [0.25, 0.3) is 0 Å². The van der Waals surface area contributed by atoms with Gasteiger partial charge in [-0.2, -0.15) is 0 Å². The Morgan fingerprint density at radius 1 is 1.22 bits per heavy atom. The highest BCUT2D eigenvalue weighted by molar-refractivity contribution is 9.10. The number of benzene rings is 1. The maximum atomic E-state index is 13.9. The van der Waals surface area contributed by atoms with Crippen molar-refractivity contribution in [1.82, 2.24) is 4.98 Å². The van der Waals surface area contributed by atoms with Gasteiger partial charge < -0.3 is 0 Å². The van der Waals surface area contributed by atoms with Gasteiger partial charge in [0, 0.05) is 15.1 Å².